The summed E-state index contributed by atoms with van der Waals surface area (Å²) in [4.78, 5) is 87.6. The first-order chi connectivity index (χ1) is 37.5. The van der Waals surface area contributed by atoms with Crippen LogP contribution >= 0.6 is 0 Å². The van der Waals surface area contributed by atoms with Crippen LogP contribution in [0.15, 0.2) is 47.6 Å². The van der Waals surface area contributed by atoms with E-state index in [0.717, 1.165) is 5.57 Å². The van der Waals surface area contributed by atoms with Gasteiger partial charge in [0.15, 0.2) is 14.1 Å². The maximum absolute atomic E-state index is 14.8. The predicted molar refractivity (Wildman–Crippen MR) is 305 cm³/mol. The van der Waals surface area contributed by atoms with Crippen molar-refractivity contribution in [3.05, 3.63) is 47.6 Å². The van der Waals surface area contributed by atoms with Crippen molar-refractivity contribution < 1.29 is 76.6 Å². The van der Waals surface area contributed by atoms with E-state index in [2.05, 4.69) is 0 Å². The molecule has 1 aliphatic carbocycles. The number of hydrogen-bond acceptors (Lipinski definition) is 16. The fraction of sp³-hybridized carbons (Fsp3) is 0.774. The molecular formula is C62H99NO16Si. The Balaban J connectivity index is 1.48. The highest BCUT2D eigenvalue weighted by molar-refractivity contribution is 6.69. The molecule has 4 aliphatic heterocycles. The van der Waals surface area contributed by atoms with Crippen molar-refractivity contribution in [2.75, 3.05) is 40.6 Å². The minimum atomic E-state index is -2.46. The van der Waals surface area contributed by atoms with Crippen LogP contribution in [0.3, 0.4) is 0 Å². The van der Waals surface area contributed by atoms with Crippen molar-refractivity contribution in [1.82, 2.24) is 4.90 Å². The molecule has 0 aromatic heterocycles. The Morgan fingerprint density at radius 3 is 2.17 bits per heavy atom. The number of allylic oxidation sites excluding steroid dienone is 6. The largest absolute Gasteiger partial charge is 0.460 e. The van der Waals surface area contributed by atoms with E-state index in [1.165, 1.54) is 4.90 Å². The molecule has 452 valence electrons. The van der Waals surface area contributed by atoms with Crippen LogP contribution in [-0.4, -0.2) is 153 Å². The molecule has 80 heavy (non-hydrogen) atoms. The van der Waals surface area contributed by atoms with Gasteiger partial charge in [0.25, 0.3) is 11.7 Å². The fourth-order valence-electron chi connectivity index (χ4n) is 12.0. The average Bonchev–Trinajstić information content (AvgIpc) is 3.40. The summed E-state index contributed by atoms with van der Waals surface area (Å²) in [5.41, 5.74) is 0.512. The van der Waals surface area contributed by atoms with Gasteiger partial charge in [0, 0.05) is 51.4 Å². The zero-order valence-electron chi connectivity index (χ0n) is 50.9. The first-order valence-corrected chi connectivity index (χ1v) is 32.9. The summed E-state index contributed by atoms with van der Waals surface area (Å²) in [6.07, 6.45) is 12.6. The van der Waals surface area contributed by atoms with Crippen molar-refractivity contribution in [2.45, 2.75) is 220 Å². The number of amides is 1. The van der Waals surface area contributed by atoms with Crippen LogP contribution in [0.25, 0.3) is 0 Å². The highest BCUT2D eigenvalue weighted by Gasteiger charge is 2.53. The molecule has 1 amide bonds. The molecular weight excluding hydrogens is 1040 g/mol. The number of ketones is 3. The van der Waals surface area contributed by atoms with Gasteiger partial charge in [-0.05, 0) is 147 Å². The van der Waals surface area contributed by atoms with Crippen LogP contribution in [0.4, 0.5) is 0 Å². The molecule has 2 N–H and O–H groups in total. The van der Waals surface area contributed by atoms with Gasteiger partial charge in [-0.3, -0.25) is 24.0 Å². The second-order valence-electron chi connectivity index (χ2n) is 25.8. The van der Waals surface area contributed by atoms with E-state index in [1.807, 2.05) is 84.6 Å². The predicted octanol–water partition coefficient (Wildman–Crippen LogP) is 8.97. The molecule has 4 heterocycles. The maximum atomic E-state index is 14.8. The number of carbonyl (C=O) groups excluding carboxylic acids is 6. The summed E-state index contributed by atoms with van der Waals surface area (Å²) in [6, 6.07) is -1.18. The number of fused-ring (bicyclic) bond motifs is 3. The van der Waals surface area contributed by atoms with E-state index < -0.39 is 128 Å². The molecule has 0 radical (unpaired) electrons. The van der Waals surface area contributed by atoms with E-state index in [1.54, 1.807) is 54.9 Å². The standard InChI is InChI=1S/C62H99NO16Si/c1-38-21-17-16-18-22-39(2)51(72-11)33-46-26-24-44(7)62(71,78-46)56(67)57(68)63-28-20-19-23-48(63)58(69)76-52(34-49(65)40(3)30-43(6)55(79-80(13,14)15)47(35-64)54(66)42(5)29-38)41(4)31-45-25-27-50(53(32-45)73-12)77-59(70)61(10)36-74-60(8,9)75-37-61/h16-18,21-22,30,38,40-42,44-48,50-53,55,64,71H,19-20,23-29,31-37H2,1-15H3/b18-16?,21-17+,39-22?,43-30+. The molecule has 0 spiro atoms. The number of nitrogens with zero attached hydrogens (tertiary/aromatic N) is 1. The average molecular weight is 1140 g/mol. The van der Waals surface area contributed by atoms with Crippen molar-refractivity contribution in [1.29, 1.82) is 0 Å². The summed E-state index contributed by atoms with van der Waals surface area (Å²) in [5, 5.41) is 23.0. The number of aliphatic hydroxyl groups excluding tert-OH is 1. The van der Waals surface area contributed by atoms with Crippen LogP contribution in [-0.2, 0) is 66.4 Å². The van der Waals surface area contributed by atoms with Gasteiger partial charge in [0.2, 0.25) is 5.79 Å². The number of rotatable bonds is 10. The number of hydrogen-bond donors (Lipinski definition) is 2. The third-order valence-corrected chi connectivity index (χ3v) is 18.2. The second-order valence-corrected chi connectivity index (χ2v) is 30.3. The molecule has 17 nitrogen and oxygen atoms in total. The zero-order chi connectivity index (χ0) is 59.5. The SMILES string of the molecule is COC1CC2CCC(C)C(O)(O2)C(=O)C(=O)N2CCCCC2C(=O)OC(C(C)CC2CCC(OC(=O)C3(C)COC(C)(C)OC3)C(OC)C2)CC(=O)C(C)/C=C(\C)C(O[Si](C)(C)C)C(CO)C(=O)C(C)CC(C)/C=C/C=CC=C1C. The van der Waals surface area contributed by atoms with Gasteiger partial charge in [0.1, 0.15) is 35.2 Å². The number of ether oxygens (including phenoxy) is 7. The van der Waals surface area contributed by atoms with Crippen LogP contribution in [0.1, 0.15) is 146 Å². The number of esters is 2. The lowest BCUT2D eigenvalue weighted by Crippen LogP contribution is -2.61. The van der Waals surface area contributed by atoms with E-state index >= 15 is 0 Å². The number of methoxy groups -OCH3 is 2. The number of aliphatic hydroxyl groups is 2. The summed E-state index contributed by atoms with van der Waals surface area (Å²) in [5.74, 6) is -10.2. The smallest absolute Gasteiger partial charge is 0.329 e. The van der Waals surface area contributed by atoms with Crippen LogP contribution in [0, 0.1) is 46.8 Å². The molecule has 5 rings (SSSR count). The van der Waals surface area contributed by atoms with Gasteiger partial charge in [-0.1, -0.05) is 71.1 Å². The second kappa shape index (κ2) is 29.2. The van der Waals surface area contributed by atoms with Crippen LogP contribution in [0.2, 0.25) is 19.6 Å². The number of piperidine rings is 1. The molecule has 18 heteroatoms. The van der Waals surface area contributed by atoms with Gasteiger partial charge >= 0.3 is 11.9 Å². The third kappa shape index (κ3) is 17.9. The molecule has 4 fully saturated rings. The molecule has 0 aromatic carbocycles. The minimum Gasteiger partial charge on any atom is -0.460 e. The van der Waals surface area contributed by atoms with Crippen molar-refractivity contribution >= 4 is 43.5 Å². The summed E-state index contributed by atoms with van der Waals surface area (Å²) >= 11 is 0. The first-order valence-electron chi connectivity index (χ1n) is 29.5. The lowest BCUT2D eigenvalue weighted by molar-refractivity contribution is -0.283. The van der Waals surface area contributed by atoms with Gasteiger partial charge in [-0.2, -0.15) is 0 Å². The lowest BCUT2D eigenvalue weighted by Gasteiger charge is -2.43. The third-order valence-electron chi connectivity index (χ3n) is 17.3. The normalized spacial score (nSPS) is 36.6. The van der Waals surface area contributed by atoms with Gasteiger partial charge in [0.05, 0.1) is 50.2 Å². The van der Waals surface area contributed by atoms with Gasteiger partial charge in [-0.15, -0.1) is 0 Å². The Kier molecular flexibility index (Phi) is 24.5. The van der Waals surface area contributed by atoms with Gasteiger partial charge < -0.3 is 52.7 Å². The first kappa shape index (κ1) is 67.1. The molecule has 15 atom stereocenters. The molecule has 1 saturated carbocycles. The molecule has 5 aliphatic rings. The van der Waals surface area contributed by atoms with E-state index in [9.17, 15) is 39.0 Å². The molecule has 3 saturated heterocycles. The fourth-order valence-corrected chi connectivity index (χ4v) is 13.1. The molecule has 15 unspecified atom stereocenters. The monoisotopic (exact) mass is 1140 g/mol. The zero-order valence-corrected chi connectivity index (χ0v) is 51.9. The summed E-state index contributed by atoms with van der Waals surface area (Å²) < 4.78 is 49.0. The Hall–Kier alpha value is -3.72. The minimum absolute atomic E-state index is 0.0107. The van der Waals surface area contributed by atoms with E-state index in [0.29, 0.717) is 69.8 Å². The Morgan fingerprint density at radius 2 is 1.54 bits per heavy atom. The van der Waals surface area contributed by atoms with Crippen LogP contribution < -0.4 is 0 Å². The van der Waals surface area contributed by atoms with Crippen molar-refractivity contribution in [2.24, 2.45) is 46.8 Å². The highest BCUT2D eigenvalue weighted by atomic mass is 28.4. The maximum Gasteiger partial charge on any atom is 0.329 e. The number of carbonyl (C=O) groups is 6. The van der Waals surface area contributed by atoms with Crippen molar-refractivity contribution in [3.63, 3.8) is 0 Å². The quantitative estimate of drug-likeness (QED) is 0.0902. The Labute approximate surface area is 478 Å². The number of cyclic esters (lactones) is 1. The van der Waals surface area contributed by atoms with E-state index in [-0.39, 0.29) is 56.0 Å². The summed E-state index contributed by atoms with van der Waals surface area (Å²) in [7, 11) is 0.806. The number of Topliss-reactive ketones (excluding diaryl/α,β-unsaturated/α-hetero) is 3. The lowest BCUT2D eigenvalue weighted by atomic mass is 9.78. The molecule has 2 bridgehead atoms. The van der Waals surface area contributed by atoms with Gasteiger partial charge in [-0.25, -0.2) is 4.79 Å². The highest BCUT2D eigenvalue weighted by Crippen LogP contribution is 2.40. The Bertz CT molecular complexity index is 2260. The van der Waals surface area contributed by atoms with Crippen LogP contribution in [0.5, 0.6) is 0 Å². The van der Waals surface area contributed by atoms with Crippen molar-refractivity contribution in [3.8, 4) is 0 Å². The Morgan fingerprint density at radius 1 is 0.850 bits per heavy atom. The topological polar surface area (TPSA) is 220 Å². The summed E-state index contributed by atoms with van der Waals surface area (Å²) in [6.45, 7) is 24.3. The van der Waals surface area contributed by atoms with E-state index in [4.69, 9.17) is 37.6 Å². The molecule has 0 aromatic rings.